The first-order chi connectivity index (χ1) is 34.0. The molecule has 0 bridgehead atoms. The van der Waals surface area contributed by atoms with Gasteiger partial charge in [0.25, 0.3) is 7.82 Å². The van der Waals surface area contributed by atoms with Crippen molar-refractivity contribution in [1.82, 2.24) is 0 Å². The molecule has 9 nitrogen and oxygen atoms in total. The Balaban J connectivity index is 4.18. The van der Waals surface area contributed by atoms with Crippen molar-refractivity contribution in [2.75, 3.05) is 47.5 Å². The monoisotopic (exact) mass is 1000 g/mol. The molecule has 2 atom stereocenters. The van der Waals surface area contributed by atoms with Gasteiger partial charge in [0.15, 0.2) is 6.10 Å². The van der Waals surface area contributed by atoms with E-state index < -0.39 is 26.5 Å². The molecule has 0 saturated carbocycles. The number of quaternary nitrogens is 1. The van der Waals surface area contributed by atoms with Crippen molar-refractivity contribution in [3.05, 3.63) is 72.9 Å². The molecule has 2 unspecified atom stereocenters. The third-order valence-electron chi connectivity index (χ3n) is 12.2. The number of nitrogens with zero attached hydrogens (tertiary/aromatic N) is 1. The number of phosphoric ester groups is 1. The molecule has 70 heavy (non-hydrogen) atoms. The molecule has 0 aromatic heterocycles. The van der Waals surface area contributed by atoms with Crippen molar-refractivity contribution in [2.45, 2.75) is 251 Å². The number of esters is 2. The molecule has 0 N–H and O–H groups in total. The summed E-state index contributed by atoms with van der Waals surface area (Å²) in [5.74, 6) is -0.836. The van der Waals surface area contributed by atoms with Gasteiger partial charge in [-0.05, 0) is 83.5 Å². The lowest BCUT2D eigenvalue weighted by Gasteiger charge is -2.28. The number of allylic oxidation sites excluding steroid dienone is 12. The molecule has 0 fully saturated rings. The zero-order chi connectivity index (χ0) is 51.3. The molecule has 0 spiro atoms. The Hall–Kier alpha value is -2.55. The molecule has 0 radical (unpaired) electrons. The van der Waals surface area contributed by atoms with Gasteiger partial charge in [-0.1, -0.05) is 222 Å². The Bertz CT molecular complexity index is 1410. The molecule has 0 heterocycles. The summed E-state index contributed by atoms with van der Waals surface area (Å²) in [4.78, 5) is 37.9. The molecular formula is C60H108NO8P. The summed E-state index contributed by atoms with van der Waals surface area (Å²) in [6.45, 7) is 4.13. The van der Waals surface area contributed by atoms with E-state index in [2.05, 4.69) is 86.8 Å². The zero-order valence-corrected chi connectivity index (χ0v) is 46.8. The minimum atomic E-state index is -4.64. The van der Waals surface area contributed by atoms with E-state index in [4.69, 9.17) is 18.5 Å². The molecule has 0 aromatic carbocycles. The van der Waals surface area contributed by atoms with Gasteiger partial charge >= 0.3 is 11.9 Å². The Morgan fingerprint density at radius 3 is 1.23 bits per heavy atom. The van der Waals surface area contributed by atoms with Gasteiger partial charge in [-0.3, -0.25) is 14.2 Å². The zero-order valence-electron chi connectivity index (χ0n) is 46.0. The predicted octanol–water partition coefficient (Wildman–Crippen LogP) is 17.1. The van der Waals surface area contributed by atoms with Crippen LogP contribution in [0.15, 0.2) is 72.9 Å². The van der Waals surface area contributed by atoms with Gasteiger partial charge in [0.05, 0.1) is 27.7 Å². The van der Waals surface area contributed by atoms with Gasteiger partial charge in [-0.2, -0.15) is 0 Å². The Labute approximate surface area is 431 Å². The Morgan fingerprint density at radius 2 is 0.814 bits per heavy atom. The highest BCUT2D eigenvalue weighted by atomic mass is 31.2. The molecule has 0 rings (SSSR count). The van der Waals surface area contributed by atoms with Crippen molar-refractivity contribution in [1.29, 1.82) is 0 Å². The standard InChI is InChI=1S/C60H108NO8P/c1-6-8-10-12-14-16-18-20-22-24-26-27-28-29-30-31-32-33-35-37-39-41-43-45-47-49-51-53-60(63)69-58(57-68-70(64,65)67-55-54-61(3,4)5)56-66-59(62)52-50-48-46-44-42-40-38-36-34-25-23-21-19-17-15-13-11-9-7-2/h8,10,14,16,20-23,26-27,29-30,58H,6-7,9,11-13,15,17-19,24-25,28,31-57H2,1-5H3/b10-8-,16-14-,22-20-,23-21-,27-26-,30-29-. The minimum absolute atomic E-state index is 0.0338. The fourth-order valence-corrected chi connectivity index (χ4v) is 8.52. The van der Waals surface area contributed by atoms with Gasteiger partial charge < -0.3 is 27.9 Å². The van der Waals surface area contributed by atoms with Gasteiger partial charge in [0, 0.05) is 12.8 Å². The van der Waals surface area contributed by atoms with Crippen molar-refractivity contribution >= 4 is 19.8 Å². The second kappa shape index (κ2) is 51.4. The highest BCUT2D eigenvalue weighted by Gasteiger charge is 2.21. The summed E-state index contributed by atoms with van der Waals surface area (Å²) in [5.41, 5.74) is 0. The number of carbonyl (C=O) groups excluding carboxylic acids is 2. The first kappa shape index (κ1) is 67.5. The Morgan fingerprint density at radius 1 is 0.457 bits per heavy atom. The number of unbranched alkanes of at least 4 members (excludes halogenated alkanes) is 26. The highest BCUT2D eigenvalue weighted by Crippen LogP contribution is 2.38. The predicted molar refractivity (Wildman–Crippen MR) is 296 cm³/mol. The number of hydrogen-bond acceptors (Lipinski definition) is 8. The van der Waals surface area contributed by atoms with E-state index in [0.29, 0.717) is 17.4 Å². The molecule has 0 amide bonds. The lowest BCUT2D eigenvalue weighted by Crippen LogP contribution is -2.37. The summed E-state index contributed by atoms with van der Waals surface area (Å²) in [6, 6.07) is 0. The molecule has 406 valence electrons. The second-order valence-electron chi connectivity index (χ2n) is 20.3. The number of carbonyl (C=O) groups is 2. The van der Waals surface area contributed by atoms with Crippen LogP contribution >= 0.6 is 7.82 Å². The number of rotatable bonds is 52. The molecule has 10 heteroatoms. The number of phosphoric acid groups is 1. The van der Waals surface area contributed by atoms with Crippen molar-refractivity contribution in [2.24, 2.45) is 0 Å². The largest absolute Gasteiger partial charge is 0.756 e. The lowest BCUT2D eigenvalue weighted by atomic mass is 10.0. The van der Waals surface area contributed by atoms with E-state index in [0.717, 1.165) is 77.0 Å². The van der Waals surface area contributed by atoms with Crippen LogP contribution in [0.3, 0.4) is 0 Å². The van der Waals surface area contributed by atoms with Crippen LogP contribution in [0.4, 0.5) is 0 Å². The van der Waals surface area contributed by atoms with Crippen LogP contribution in [0.5, 0.6) is 0 Å². The topological polar surface area (TPSA) is 111 Å². The maximum absolute atomic E-state index is 12.8. The number of ether oxygens (including phenoxy) is 2. The van der Waals surface area contributed by atoms with Crippen LogP contribution in [0.2, 0.25) is 0 Å². The first-order valence-electron chi connectivity index (χ1n) is 28.6. The van der Waals surface area contributed by atoms with Crippen LogP contribution in [-0.4, -0.2) is 70.0 Å². The van der Waals surface area contributed by atoms with Crippen LogP contribution in [-0.2, 0) is 32.7 Å². The average Bonchev–Trinajstić information content (AvgIpc) is 3.32. The summed E-state index contributed by atoms with van der Waals surface area (Å²) in [7, 11) is 1.16. The van der Waals surface area contributed by atoms with Gasteiger partial charge in [-0.25, -0.2) is 0 Å². The normalized spacial score (nSPS) is 13.9. The van der Waals surface area contributed by atoms with Crippen molar-refractivity contribution in [3.63, 3.8) is 0 Å². The van der Waals surface area contributed by atoms with E-state index in [9.17, 15) is 19.0 Å². The minimum Gasteiger partial charge on any atom is -0.756 e. The third kappa shape index (κ3) is 54.8. The number of likely N-dealkylation sites (N-methyl/N-ethyl adjacent to an activating group) is 1. The summed E-state index contributed by atoms with van der Waals surface area (Å²) >= 11 is 0. The van der Waals surface area contributed by atoms with E-state index in [1.54, 1.807) is 0 Å². The molecule has 0 aliphatic heterocycles. The SMILES string of the molecule is CC/C=C\C/C=C\C/C=C\C/C=C\C/C=C\CCCCCCCCCCCCCC(=O)OC(COC(=O)CCCCCCCCCCC/C=C\CCCCCCCC)COP(=O)([O-])OCC[N+](C)(C)C. The highest BCUT2D eigenvalue weighted by molar-refractivity contribution is 7.45. The van der Waals surface area contributed by atoms with Crippen molar-refractivity contribution < 1.29 is 42.1 Å². The fourth-order valence-electron chi connectivity index (χ4n) is 7.80. The molecular weight excluding hydrogens is 894 g/mol. The van der Waals surface area contributed by atoms with Crippen LogP contribution < -0.4 is 4.89 Å². The summed E-state index contributed by atoms with van der Waals surface area (Å²) in [6.07, 6.45) is 66.5. The van der Waals surface area contributed by atoms with E-state index in [1.807, 2.05) is 21.1 Å². The van der Waals surface area contributed by atoms with E-state index >= 15 is 0 Å². The average molecular weight is 1000 g/mol. The Kier molecular flexibility index (Phi) is 49.5. The third-order valence-corrected chi connectivity index (χ3v) is 13.2. The van der Waals surface area contributed by atoms with E-state index in [-0.39, 0.29) is 32.0 Å². The smallest absolute Gasteiger partial charge is 0.306 e. The summed E-state index contributed by atoms with van der Waals surface area (Å²) < 4.78 is 34.2. The second-order valence-corrected chi connectivity index (χ2v) is 21.7. The number of hydrogen-bond donors (Lipinski definition) is 0. The quantitative estimate of drug-likeness (QED) is 0.0195. The van der Waals surface area contributed by atoms with Crippen LogP contribution in [0.1, 0.15) is 245 Å². The lowest BCUT2D eigenvalue weighted by molar-refractivity contribution is -0.870. The molecule has 0 aromatic rings. The van der Waals surface area contributed by atoms with Crippen LogP contribution in [0.25, 0.3) is 0 Å². The molecule has 0 aliphatic carbocycles. The fraction of sp³-hybridized carbons (Fsp3) is 0.767. The maximum Gasteiger partial charge on any atom is 0.306 e. The first-order valence-corrected chi connectivity index (χ1v) is 30.1. The van der Waals surface area contributed by atoms with Gasteiger partial charge in [-0.15, -0.1) is 0 Å². The van der Waals surface area contributed by atoms with Crippen molar-refractivity contribution in [3.8, 4) is 0 Å². The molecule has 0 aliphatic rings. The van der Waals surface area contributed by atoms with E-state index in [1.165, 1.54) is 135 Å². The summed E-state index contributed by atoms with van der Waals surface area (Å²) in [5, 5.41) is 0. The maximum atomic E-state index is 12.8. The van der Waals surface area contributed by atoms with Gasteiger partial charge in [0.2, 0.25) is 0 Å². The molecule has 0 saturated heterocycles. The van der Waals surface area contributed by atoms with Crippen LogP contribution in [0, 0.1) is 0 Å². The van der Waals surface area contributed by atoms with Gasteiger partial charge in [0.1, 0.15) is 19.8 Å².